The van der Waals surface area contributed by atoms with E-state index in [9.17, 15) is 13.2 Å². The second kappa shape index (κ2) is 5.01. The van der Waals surface area contributed by atoms with Gasteiger partial charge >= 0.3 is 0 Å². The molecule has 0 bridgehead atoms. The van der Waals surface area contributed by atoms with Gasteiger partial charge in [0.15, 0.2) is 0 Å². The van der Waals surface area contributed by atoms with Crippen molar-refractivity contribution in [3.63, 3.8) is 0 Å². The highest BCUT2D eigenvalue weighted by molar-refractivity contribution is 7.89. The number of aliphatic hydroxyl groups excluding tert-OH is 1. The van der Waals surface area contributed by atoms with Crippen LogP contribution in [0.1, 0.15) is 10.4 Å². The number of aliphatic hydroxyl groups is 1. The van der Waals surface area contributed by atoms with Crippen LogP contribution in [0.3, 0.4) is 0 Å². The molecule has 0 heterocycles. The van der Waals surface area contributed by atoms with Gasteiger partial charge in [-0.15, -0.1) is 0 Å². The van der Waals surface area contributed by atoms with Crippen molar-refractivity contribution in [3.8, 4) is 0 Å². The minimum atomic E-state index is -3.57. The summed E-state index contributed by atoms with van der Waals surface area (Å²) in [5, 5.41) is 8.49. The number of nitrogens with one attached hydrogen (secondary N) is 1. The molecule has 15 heavy (non-hydrogen) atoms. The third-order valence-electron chi connectivity index (χ3n) is 1.73. The third kappa shape index (κ3) is 3.12. The van der Waals surface area contributed by atoms with E-state index in [4.69, 9.17) is 5.11 Å². The Labute approximate surface area is 87.8 Å². The van der Waals surface area contributed by atoms with Crippen LogP contribution in [0.25, 0.3) is 0 Å². The number of rotatable bonds is 5. The van der Waals surface area contributed by atoms with Crippen molar-refractivity contribution in [2.24, 2.45) is 0 Å². The molecule has 0 aliphatic carbocycles. The molecule has 5 nitrogen and oxygen atoms in total. The van der Waals surface area contributed by atoms with Crippen LogP contribution in [0.15, 0.2) is 29.2 Å². The van der Waals surface area contributed by atoms with Crippen LogP contribution in [0.4, 0.5) is 0 Å². The lowest BCUT2D eigenvalue weighted by Gasteiger charge is -2.04. The Bertz CT molecular complexity index is 424. The molecule has 0 amide bonds. The summed E-state index contributed by atoms with van der Waals surface area (Å²) in [6, 6.07) is 5.51. The predicted molar refractivity (Wildman–Crippen MR) is 54.1 cm³/mol. The third-order valence-corrected chi connectivity index (χ3v) is 3.21. The van der Waals surface area contributed by atoms with Gasteiger partial charge in [-0.2, -0.15) is 0 Å². The zero-order valence-corrected chi connectivity index (χ0v) is 8.70. The van der Waals surface area contributed by atoms with Crippen LogP contribution in [-0.4, -0.2) is 33.0 Å². The first kappa shape index (κ1) is 11.8. The lowest BCUT2D eigenvalue weighted by atomic mass is 10.2. The Balaban J connectivity index is 2.90. The van der Waals surface area contributed by atoms with Crippen molar-refractivity contribution in [2.45, 2.75) is 4.90 Å². The summed E-state index contributed by atoms with van der Waals surface area (Å²) >= 11 is 0. The summed E-state index contributed by atoms with van der Waals surface area (Å²) in [7, 11) is -3.57. The van der Waals surface area contributed by atoms with Crippen molar-refractivity contribution < 1.29 is 18.3 Å². The maximum absolute atomic E-state index is 11.5. The molecular formula is C9H11NO4S. The first-order valence-corrected chi connectivity index (χ1v) is 5.74. The minimum absolute atomic E-state index is 0.0300. The van der Waals surface area contributed by atoms with Crippen molar-refractivity contribution in [3.05, 3.63) is 29.8 Å². The van der Waals surface area contributed by atoms with E-state index < -0.39 is 10.0 Å². The Morgan fingerprint density at radius 2 is 1.87 bits per heavy atom. The lowest BCUT2D eigenvalue weighted by molar-refractivity contribution is 0.112. The zero-order chi connectivity index (χ0) is 11.3. The van der Waals surface area contributed by atoms with Gasteiger partial charge in [-0.05, 0) is 12.1 Å². The van der Waals surface area contributed by atoms with E-state index in [1.807, 2.05) is 0 Å². The van der Waals surface area contributed by atoms with Crippen molar-refractivity contribution >= 4 is 16.3 Å². The molecular weight excluding hydrogens is 218 g/mol. The smallest absolute Gasteiger partial charge is 0.240 e. The van der Waals surface area contributed by atoms with Gasteiger partial charge in [0, 0.05) is 12.1 Å². The highest BCUT2D eigenvalue weighted by Gasteiger charge is 2.12. The minimum Gasteiger partial charge on any atom is -0.395 e. The fourth-order valence-corrected chi connectivity index (χ4v) is 2.01. The van der Waals surface area contributed by atoms with Crippen molar-refractivity contribution in [2.75, 3.05) is 13.2 Å². The number of carbonyl (C=O) groups is 1. The van der Waals surface area contributed by atoms with Gasteiger partial charge in [-0.3, -0.25) is 4.79 Å². The van der Waals surface area contributed by atoms with Gasteiger partial charge in [0.05, 0.1) is 11.5 Å². The molecule has 0 spiro atoms. The van der Waals surface area contributed by atoms with E-state index in [0.717, 1.165) is 0 Å². The standard InChI is InChI=1S/C9H11NO4S/c11-6-5-10-15(13,14)9-3-1-8(7-12)2-4-9/h1-4,7,10-11H,5-6H2. The Morgan fingerprint density at radius 3 is 2.33 bits per heavy atom. The first-order valence-electron chi connectivity index (χ1n) is 4.26. The van der Waals surface area contributed by atoms with Crippen molar-refractivity contribution in [1.29, 1.82) is 0 Å². The second-order valence-electron chi connectivity index (χ2n) is 2.81. The molecule has 0 unspecified atom stereocenters. The van der Waals surface area contributed by atoms with Gasteiger partial charge in [-0.25, -0.2) is 13.1 Å². The predicted octanol–water partition coefficient (Wildman–Crippen LogP) is -0.230. The molecule has 0 aromatic heterocycles. The van der Waals surface area contributed by atoms with Crippen LogP contribution < -0.4 is 4.72 Å². The summed E-state index contributed by atoms with van der Waals surface area (Å²) in [5.41, 5.74) is 0.413. The van der Waals surface area contributed by atoms with E-state index in [-0.39, 0.29) is 18.0 Å². The lowest BCUT2D eigenvalue weighted by Crippen LogP contribution is -2.26. The topological polar surface area (TPSA) is 83.5 Å². The largest absolute Gasteiger partial charge is 0.395 e. The maximum Gasteiger partial charge on any atom is 0.240 e. The van der Waals surface area contributed by atoms with E-state index >= 15 is 0 Å². The van der Waals surface area contributed by atoms with Gasteiger partial charge in [0.1, 0.15) is 6.29 Å². The molecule has 0 fully saturated rings. The monoisotopic (exact) mass is 229 g/mol. The average molecular weight is 229 g/mol. The number of aldehydes is 1. The average Bonchev–Trinajstić information content (AvgIpc) is 2.26. The van der Waals surface area contributed by atoms with Gasteiger partial charge < -0.3 is 5.11 Å². The molecule has 6 heteroatoms. The number of carbonyl (C=O) groups excluding carboxylic acids is 1. The summed E-state index contributed by atoms with van der Waals surface area (Å²) in [4.78, 5) is 10.4. The molecule has 0 saturated carbocycles. The van der Waals surface area contributed by atoms with Crippen LogP contribution in [0.2, 0.25) is 0 Å². The fourth-order valence-electron chi connectivity index (χ4n) is 0.989. The molecule has 0 radical (unpaired) electrons. The molecule has 1 aromatic rings. The molecule has 82 valence electrons. The summed E-state index contributed by atoms with van der Waals surface area (Å²) in [6.45, 7) is -0.288. The van der Waals surface area contributed by atoms with Gasteiger partial charge in [0.25, 0.3) is 0 Å². The Morgan fingerprint density at radius 1 is 1.27 bits per heavy atom. The molecule has 1 rings (SSSR count). The summed E-state index contributed by atoms with van der Waals surface area (Å²) < 4.78 is 25.2. The van der Waals surface area contributed by atoms with Crippen LogP contribution >= 0.6 is 0 Å². The second-order valence-corrected chi connectivity index (χ2v) is 4.58. The zero-order valence-electron chi connectivity index (χ0n) is 7.88. The Kier molecular flexibility index (Phi) is 3.96. The van der Waals surface area contributed by atoms with Crippen LogP contribution in [-0.2, 0) is 10.0 Å². The molecule has 0 aliphatic heterocycles. The highest BCUT2D eigenvalue weighted by Crippen LogP contribution is 2.08. The first-order chi connectivity index (χ1) is 7.10. The maximum atomic E-state index is 11.5. The number of hydrogen-bond acceptors (Lipinski definition) is 4. The Hall–Kier alpha value is -1.24. The number of benzene rings is 1. The SMILES string of the molecule is O=Cc1ccc(S(=O)(=O)NCCO)cc1. The number of sulfonamides is 1. The molecule has 2 N–H and O–H groups in total. The number of hydrogen-bond donors (Lipinski definition) is 2. The molecule has 1 aromatic carbocycles. The van der Waals surface area contributed by atoms with E-state index in [0.29, 0.717) is 11.8 Å². The molecule has 0 saturated heterocycles. The fraction of sp³-hybridized carbons (Fsp3) is 0.222. The van der Waals surface area contributed by atoms with Gasteiger partial charge in [-0.1, -0.05) is 12.1 Å². The van der Waals surface area contributed by atoms with E-state index in [1.54, 1.807) is 0 Å². The van der Waals surface area contributed by atoms with E-state index in [1.165, 1.54) is 24.3 Å². The van der Waals surface area contributed by atoms with Crippen LogP contribution in [0.5, 0.6) is 0 Å². The van der Waals surface area contributed by atoms with Crippen molar-refractivity contribution in [1.82, 2.24) is 4.72 Å². The molecule has 0 atom stereocenters. The molecule has 0 aliphatic rings. The quantitative estimate of drug-likeness (QED) is 0.683. The van der Waals surface area contributed by atoms with Gasteiger partial charge in [0.2, 0.25) is 10.0 Å². The normalized spacial score (nSPS) is 11.3. The highest BCUT2D eigenvalue weighted by atomic mass is 32.2. The summed E-state index contributed by atoms with van der Waals surface area (Å²) in [6.07, 6.45) is 0.636. The van der Waals surface area contributed by atoms with E-state index in [2.05, 4.69) is 4.72 Å². The van der Waals surface area contributed by atoms with Crippen LogP contribution in [0, 0.1) is 0 Å². The summed E-state index contributed by atoms with van der Waals surface area (Å²) in [5.74, 6) is 0.